The van der Waals surface area contributed by atoms with Crippen molar-refractivity contribution in [3.8, 4) is 6.07 Å². The van der Waals surface area contributed by atoms with Gasteiger partial charge in [0, 0.05) is 19.3 Å². The third-order valence-corrected chi connectivity index (χ3v) is 4.72. The first-order chi connectivity index (χ1) is 15.2. The summed E-state index contributed by atoms with van der Waals surface area (Å²) in [6, 6.07) is 8.71. The standard InChI is InChI=1S/C22H19F4N3O3/c23-18-9-17-20(10-19(18)28-5-7-32-8-6-30)29(13-15(11-27)21(17)31)12-14-1-3-16(4-2-14)22(24,25)26/h1-4,9-10,13,28,30H,5-8,12H2. The lowest BCUT2D eigenvalue weighted by atomic mass is 10.1. The van der Waals surface area contributed by atoms with E-state index in [2.05, 4.69) is 5.32 Å². The first kappa shape index (κ1) is 23.2. The molecule has 0 aliphatic carbocycles. The van der Waals surface area contributed by atoms with Crippen LogP contribution in [-0.4, -0.2) is 36.0 Å². The quantitative estimate of drug-likeness (QED) is 0.406. The zero-order chi connectivity index (χ0) is 23.3. The summed E-state index contributed by atoms with van der Waals surface area (Å²) in [4.78, 5) is 12.5. The van der Waals surface area contributed by atoms with Crippen LogP contribution in [0.4, 0.5) is 23.2 Å². The lowest BCUT2D eigenvalue weighted by Gasteiger charge is -2.15. The van der Waals surface area contributed by atoms with Crippen molar-refractivity contribution in [2.24, 2.45) is 0 Å². The highest BCUT2D eigenvalue weighted by Crippen LogP contribution is 2.29. The lowest BCUT2D eigenvalue weighted by molar-refractivity contribution is -0.137. The number of anilines is 1. The molecule has 0 aliphatic heterocycles. The molecule has 3 aromatic rings. The van der Waals surface area contributed by atoms with E-state index in [4.69, 9.17) is 9.84 Å². The summed E-state index contributed by atoms with van der Waals surface area (Å²) in [5.41, 5.74) is -0.724. The van der Waals surface area contributed by atoms with E-state index in [1.54, 1.807) is 6.07 Å². The van der Waals surface area contributed by atoms with E-state index in [1.165, 1.54) is 29.0 Å². The van der Waals surface area contributed by atoms with Gasteiger partial charge in [-0.05, 0) is 29.8 Å². The highest BCUT2D eigenvalue weighted by Gasteiger charge is 2.29. The van der Waals surface area contributed by atoms with Crippen molar-refractivity contribution >= 4 is 16.6 Å². The number of hydrogen-bond acceptors (Lipinski definition) is 5. The normalized spacial score (nSPS) is 11.5. The maximum Gasteiger partial charge on any atom is 0.416 e. The molecule has 0 aliphatic rings. The largest absolute Gasteiger partial charge is 0.416 e. The van der Waals surface area contributed by atoms with Crippen LogP contribution in [-0.2, 0) is 17.5 Å². The number of nitrogens with zero attached hydrogens (tertiary/aromatic N) is 2. The fourth-order valence-corrected chi connectivity index (χ4v) is 3.18. The van der Waals surface area contributed by atoms with Crippen molar-refractivity contribution in [3.63, 3.8) is 0 Å². The molecule has 0 fully saturated rings. The number of fused-ring (bicyclic) bond motifs is 1. The molecule has 0 amide bonds. The van der Waals surface area contributed by atoms with Crippen LogP contribution in [0, 0.1) is 17.1 Å². The van der Waals surface area contributed by atoms with Crippen LogP contribution in [0.25, 0.3) is 10.9 Å². The van der Waals surface area contributed by atoms with Crippen molar-refractivity contribution in [1.82, 2.24) is 4.57 Å². The van der Waals surface area contributed by atoms with Gasteiger partial charge in [-0.15, -0.1) is 0 Å². The number of pyridine rings is 1. The molecule has 10 heteroatoms. The number of nitrogens with one attached hydrogen (secondary N) is 1. The zero-order valence-electron chi connectivity index (χ0n) is 16.7. The Hall–Kier alpha value is -3.42. The number of aliphatic hydroxyl groups excluding tert-OH is 1. The van der Waals surface area contributed by atoms with E-state index in [0.717, 1.165) is 18.2 Å². The van der Waals surface area contributed by atoms with Gasteiger partial charge >= 0.3 is 6.18 Å². The average molecular weight is 449 g/mol. The summed E-state index contributed by atoms with van der Waals surface area (Å²) in [6.07, 6.45) is -3.16. The molecule has 1 aromatic heterocycles. The van der Waals surface area contributed by atoms with Crippen LogP contribution < -0.4 is 10.7 Å². The van der Waals surface area contributed by atoms with E-state index in [0.29, 0.717) is 11.1 Å². The minimum absolute atomic E-state index is 0.0180. The molecule has 2 N–H and O–H groups in total. The van der Waals surface area contributed by atoms with E-state index in [-0.39, 0.29) is 49.5 Å². The Morgan fingerprint density at radius 2 is 1.88 bits per heavy atom. The molecule has 2 aromatic carbocycles. The zero-order valence-corrected chi connectivity index (χ0v) is 16.7. The number of benzene rings is 2. The van der Waals surface area contributed by atoms with Crippen molar-refractivity contribution in [2.75, 3.05) is 31.7 Å². The molecule has 0 bridgehead atoms. The van der Waals surface area contributed by atoms with E-state index < -0.39 is 23.0 Å². The average Bonchev–Trinajstić information content (AvgIpc) is 2.76. The van der Waals surface area contributed by atoms with Gasteiger partial charge in [-0.2, -0.15) is 18.4 Å². The Bertz CT molecular complexity index is 1200. The molecular weight excluding hydrogens is 430 g/mol. The van der Waals surface area contributed by atoms with Crippen molar-refractivity contribution in [1.29, 1.82) is 5.26 Å². The monoisotopic (exact) mass is 449 g/mol. The van der Waals surface area contributed by atoms with Crippen LogP contribution in [0.3, 0.4) is 0 Å². The van der Waals surface area contributed by atoms with Gasteiger partial charge in [-0.3, -0.25) is 4.79 Å². The second-order valence-corrected chi connectivity index (χ2v) is 6.92. The molecule has 0 saturated heterocycles. The van der Waals surface area contributed by atoms with Crippen LogP contribution in [0.5, 0.6) is 0 Å². The van der Waals surface area contributed by atoms with Gasteiger partial charge in [0.05, 0.1) is 42.0 Å². The molecule has 0 atom stereocenters. The van der Waals surface area contributed by atoms with E-state index in [9.17, 15) is 27.6 Å². The summed E-state index contributed by atoms with van der Waals surface area (Å²) in [5, 5.41) is 20.8. The van der Waals surface area contributed by atoms with Crippen LogP contribution in [0.2, 0.25) is 0 Å². The molecule has 0 unspecified atom stereocenters. The second kappa shape index (κ2) is 9.80. The predicted molar refractivity (Wildman–Crippen MR) is 110 cm³/mol. The highest BCUT2D eigenvalue weighted by molar-refractivity contribution is 5.84. The molecule has 0 saturated carbocycles. The number of halogens is 4. The first-order valence-corrected chi connectivity index (χ1v) is 9.60. The maximum atomic E-state index is 14.5. The lowest BCUT2D eigenvalue weighted by Crippen LogP contribution is -2.16. The molecule has 3 rings (SSSR count). The molecule has 168 valence electrons. The third kappa shape index (κ3) is 5.25. The molecule has 32 heavy (non-hydrogen) atoms. The van der Waals surface area contributed by atoms with Gasteiger partial charge in [-0.1, -0.05) is 12.1 Å². The topological polar surface area (TPSA) is 87.3 Å². The van der Waals surface area contributed by atoms with Crippen LogP contribution in [0.15, 0.2) is 47.4 Å². The number of alkyl halides is 3. The fourth-order valence-electron chi connectivity index (χ4n) is 3.18. The number of aliphatic hydroxyl groups is 1. The van der Waals surface area contributed by atoms with Crippen molar-refractivity contribution in [2.45, 2.75) is 12.7 Å². The fraction of sp³-hybridized carbons (Fsp3) is 0.273. The molecule has 6 nitrogen and oxygen atoms in total. The first-order valence-electron chi connectivity index (χ1n) is 9.60. The summed E-state index contributed by atoms with van der Waals surface area (Å²) < 4.78 is 59.6. The molecule has 0 spiro atoms. The maximum absolute atomic E-state index is 14.5. The summed E-state index contributed by atoms with van der Waals surface area (Å²) in [7, 11) is 0. The predicted octanol–water partition coefficient (Wildman–Crippen LogP) is 3.50. The van der Waals surface area contributed by atoms with Gasteiger partial charge < -0.3 is 19.7 Å². The Kier molecular flexibility index (Phi) is 7.12. The number of aromatic nitrogens is 1. The highest BCUT2D eigenvalue weighted by atomic mass is 19.4. The Labute approximate surface area is 180 Å². The molecular formula is C22H19F4N3O3. The van der Waals surface area contributed by atoms with E-state index in [1.807, 2.05) is 0 Å². The summed E-state index contributed by atoms with van der Waals surface area (Å²) >= 11 is 0. The van der Waals surface area contributed by atoms with Gasteiger partial charge in [0.1, 0.15) is 17.4 Å². The SMILES string of the molecule is N#Cc1cn(Cc2ccc(C(F)(F)F)cc2)c2cc(NCCOCCO)c(F)cc2c1=O. The smallest absolute Gasteiger partial charge is 0.394 e. The summed E-state index contributed by atoms with van der Waals surface area (Å²) in [6.45, 7) is 0.521. The Balaban J connectivity index is 1.98. The minimum Gasteiger partial charge on any atom is -0.394 e. The van der Waals surface area contributed by atoms with Crippen molar-refractivity contribution < 1.29 is 27.4 Å². The second-order valence-electron chi connectivity index (χ2n) is 6.92. The van der Waals surface area contributed by atoms with Crippen molar-refractivity contribution in [3.05, 3.63) is 75.3 Å². The van der Waals surface area contributed by atoms with Gasteiger partial charge in [0.25, 0.3) is 0 Å². The summed E-state index contributed by atoms with van der Waals surface area (Å²) in [5.74, 6) is -0.701. The van der Waals surface area contributed by atoms with Crippen LogP contribution in [0.1, 0.15) is 16.7 Å². The number of ether oxygens (including phenoxy) is 1. The minimum atomic E-state index is -4.46. The van der Waals surface area contributed by atoms with E-state index >= 15 is 0 Å². The Morgan fingerprint density at radius 1 is 1.16 bits per heavy atom. The number of hydrogen-bond donors (Lipinski definition) is 2. The molecule has 0 radical (unpaired) electrons. The van der Waals surface area contributed by atoms with Gasteiger partial charge in [0.15, 0.2) is 0 Å². The van der Waals surface area contributed by atoms with Crippen LogP contribution >= 0.6 is 0 Å². The third-order valence-electron chi connectivity index (χ3n) is 4.72. The van der Waals surface area contributed by atoms with Gasteiger partial charge in [-0.25, -0.2) is 4.39 Å². The number of rotatable bonds is 8. The molecule has 1 heterocycles. The Morgan fingerprint density at radius 3 is 2.50 bits per heavy atom. The van der Waals surface area contributed by atoms with Gasteiger partial charge in [0.2, 0.25) is 5.43 Å². The number of nitriles is 1.